The minimum Gasteiger partial charge on any atom is -0.480 e. The van der Waals surface area contributed by atoms with Gasteiger partial charge in [0, 0.05) is 25.0 Å². The average molecular weight is 271 g/mol. The van der Waals surface area contributed by atoms with E-state index in [4.69, 9.17) is 5.11 Å². The zero-order valence-corrected chi connectivity index (χ0v) is 11.1. The highest BCUT2D eigenvalue weighted by Crippen LogP contribution is 2.28. The Labute approximate surface area is 114 Å². The lowest BCUT2D eigenvalue weighted by Gasteiger charge is -2.01. The predicted octanol–water partition coefficient (Wildman–Crippen LogP) is 1.22. The Morgan fingerprint density at radius 2 is 2.15 bits per heavy atom. The van der Waals surface area contributed by atoms with Crippen LogP contribution in [-0.4, -0.2) is 35.6 Å². The number of hydrogen-bond acceptors (Lipinski definition) is 4. The van der Waals surface area contributed by atoms with E-state index < -0.39 is 5.97 Å². The van der Waals surface area contributed by atoms with E-state index in [-0.39, 0.29) is 6.54 Å². The van der Waals surface area contributed by atoms with Crippen LogP contribution in [0, 0.1) is 6.92 Å². The van der Waals surface area contributed by atoms with Crippen molar-refractivity contribution < 1.29 is 9.90 Å². The van der Waals surface area contributed by atoms with Gasteiger partial charge in [-0.25, -0.2) is 9.67 Å². The number of carboxylic acid groups (broad SMARTS) is 1. The molecule has 0 saturated heterocycles. The summed E-state index contributed by atoms with van der Waals surface area (Å²) in [5.41, 5.74) is 3.03. The number of fused-ring (bicyclic) bond motifs is 1. The predicted molar refractivity (Wildman–Crippen MR) is 72.1 cm³/mol. The molecular weight excluding hydrogens is 258 g/mol. The highest BCUT2D eigenvalue weighted by Gasteiger charge is 2.16. The Balaban J connectivity index is 2.24. The highest BCUT2D eigenvalue weighted by molar-refractivity contribution is 5.94. The van der Waals surface area contributed by atoms with Crippen molar-refractivity contribution in [3.63, 3.8) is 0 Å². The van der Waals surface area contributed by atoms with E-state index in [0.29, 0.717) is 5.65 Å². The van der Waals surface area contributed by atoms with Crippen LogP contribution in [0.4, 0.5) is 0 Å². The van der Waals surface area contributed by atoms with Crippen LogP contribution in [0.5, 0.6) is 0 Å². The molecule has 0 fully saturated rings. The molecular formula is C13H13N5O2. The lowest BCUT2D eigenvalue weighted by atomic mass is 10.1. The van der Waals surface area contributed by atoms with Gasteiger partial charge in [0.1, 0.15) is 6.54 Å². The van der Waals surface area contributed by atoms with Crippen LogP contribution in [0.2, 0.25) is 0 Å². The molecule has 3 aromatic heterocycles. The topological polar surface area (TPSA) is 85.8 Å². The van der Waals surface area contributed by atoms with Crippen LogP contribution < -0.4 is 0 Å². The normalized spacial score (nSPS) is 11.1. The van der Waals surface area contributed by atoms with Gasteiger partial charge in [0.15, 0.2) is 5.65 Å². The highest BCUT2D eigenvalue weighted by atomic mass is 16.4. The van der Waals surface area contributed by atoms with Crippen LogP contribution >= 0.6 is 0 Å². The molecule has 0 unspecified atom stereocenters. The van der Waals surface area contributed by atoms with Gasteiger partial charge >= 0.3 is 5.97 Å². The summed E-state index contributed by atoms with van der Waals surface area (Å²) in [6.07, 6.45) is 3.50. The van der Waals surface area contributed by atoms with E-state index in [9.17, 15) is 4.79 Å². The van der Waals surface area contributed by atoms with Crippen LogP contribution in [0.3, 0.4) is 0 Å². The molecule has 0 bridgehead atoms. The number of pyridine rings is 1. The Kier molecular flexibility index (Phi) is 2.74. The van der Waals surface area contributed by atoms with Crippen molar-refractivity contribution in [2.24, 2.45) is 7.05 Å². The first-order valence-electron chi connectivity index (χ1n) is 6.10. The van der Waals surface area contributed by atoms with E-state index in [1.54, 1.807) is 10.9 Å². The summed E-state index contributed by atoms with van der Waals surface area (Å²) >= 11 is 0. The molecule has 20 heavy (non-hydrogen) atoms. The Morgan fingerprint density at radius 3 is 2.80 bits per heavy atom. The molecule has 7 nitrogen and oxygen atoms in total. The summed E-state index contributed by atoms with van der Waals surface area (Å²) in [5.74, 6) is -0.945. The SMILES string of the molecule is Cc1nn(CC(=O)O)c2nccc(-c3ccn(C)n3)c12. The molecule has 0 atom stereocenters. The van der Waals surface area contributed by atoms with Gasteiger partial charge in [-0.3, -0.25) is 9.48 Å². The van der Waals surface area contributed by atoms with E-state index in [0.717, 1.165) is 22.3 Å². The first-order valence-corrected chi connectivity index (χ1v) is 6.10. The van der Waals surface area contributed by atoms with Gasteiger partial charge < -0.3 is 5.11 Å². The zero-order chi connectivity index (χ0) is 14.3. The van der Waals surface area contributed by atoms with Gasteiger partial charge in [-0.1, -0.05) is 0 Å². The minimum atomic E-state index is -0.945. The Bertz CT molecular complexity index is 802. The van der Waals surface area contributed by atoms with Crippen molar-refractivity contribution in [3.05, 3.63) is 30.2 Å². The van der Waals surface area contributed by atoms with Crippen molar-refractivity contribution >= 4 is 17.0 Å². The van der Waals surface area contributed by atoms with Gasteiger partial charge in [-0.15, -0.1) is 0 Å². The fraction of sp³-hybridized carbons (Fsp3) is 0.231. The number of carboxylic acids is 1. The molecule has 0 aliphatic heterocycles. The summed E-state index contributed by atoms with van der Waals surface area (Å²) in [6.45, 7) is 1.64. The van der Waals surface area contributed by atoms with Crippen LogP contribution in [0.15, 0.2) is 24.5 Å². The summed E-state index contributed by atoms with van der Waals surface area (Å²) in [7, 11) is 1.85. The molecule has 0 radical (unpaired) electrons. The zero-order valence-electron chi connectivity index (χ0n) is 11.1. The molecule has 0 amide bonds. The molecule has 102 valence electrons. The van der Waals surface area contributed by atoms with Gasteiger partial charge in [-0.2, -0.15) is 10.2 Å². The van der Waals surface area contributed by atoms with E-state index in [1.165, 1.54) is 4.68 Å². The second-order valence-electron chi connectivity index (χ2n) is 4.57. The smallest absolute Gasteiger partial charge is 0.325 e. The summed E-state index contributed by atoms with van der Waals surface area (Å²) < 4.78 is 3.12. The van der Waals surface area contributed by atoms with E-state index >= 15 is 0 Å². The number of aliphatic carboxylic acids is 1. The number of hydrogen-bond donors (Lipinski definition) is 1. The second-order valence-corrected chi connectivity index (χ2v) is 4.57. The van der Waals surface area contributed by atoms with Crippen LogP contribution in [0.25, 0.3) is 22.3 Å². The first-order chi connectivity index (χ1) is 9.56. The first kappa shape index (κ1) is 12.3. The Morgan fingerprint density at radius 1 is 1.35 bits per heavy atom. The monoisotopic (exact) mass is 271 g/mol. The maximum Gasteiger partial charge on any atom is 0.325 e. The van der Waals surface area contributed by atoms with Crippen LogP contribution in [-0.2, 0) is 18.4 Å². The molecule has 1 N–H and O–H groups in total. The van der Waals surface area contributed by atoms with E-state index in [2.05, 4.69) is 15.2 Å². The minimum absolute atomic E-state index is 0.205. The third-order valence-electron chi connectivity index (χ3n) is 3.08. The Hall–Kier alpha value is -2.70. The van der Waals surface area contributed by atoms with Gasteiger partial charge in [0.2, 0.25) is 0 Å². The van der Waals surface area contributed by atoms with Crippen molar-refractivity contribution in [3.8, 4) is 11.3 Å². The molecule has 0 spiro atoms. The van der Waals surface area contributed by atoms with Crippen molar-refractivity contribution in [2.75, 3.05) is 0 Å². The lowest BCUT2D eigenvalue weighted by Crippen LogP contribution is -2.10. The van der Waals surface area contributed by atoms with E-state index in [1.807, 2.05) is 32.3 Å². The maximum atomic E-state index is 10.9. The largest absolute Gasteiger partial charge is 0.480 e. The quantitative estimate of drug-likeness (QED) is 0.774. The second kappa shape index (κ2) is 4.44. The standard InChI is InChI=1S/C13H13N5O2/c1-8-12-9(10-4-6-17(2)16-10)3-5-14-13(12)18(15-8)7-11(19)20/h3-6H,7H2,1-2H3,(H,19,20). The van der Waals surface area contributed by atoms with Crippen molar-refractivity contribution in [2.45, 2.75) is 13.5 Å². The molecule has 3 rings (SSSR count). The number of aryl methyl sites for hydroxylation is 2. The number of carbonyl (C=O) groups is 1. The maximum absolute atomic E-state index is 10.9. The number of rotatable bonds is 3. The third-order valence-corrected chi connectivity index (χ3v) is 3.08. The van der Waals surface area contributed by atoms with Crippen LogP contribution in [0.1, 0.15) is 5.69 Å². The molecule has 7 heteroatoms. The number of aromatic nitrogens is 5. The summed E-state index contributed by atoms with van der Waals surface area (Å²) in [5, 5.41) is 18.4. The summed E-state index contributed by atoms with van der Waals surface area (Å²) in [6, 6.07) is 3.77. The molecule has 3 aromatic rings. The van der Waals surface area contributed by atoms with Crippen molar-refractivity contribution in [1.82, 2.24) is 24.5 Å². The average Bonchev–Trinajstić information content (AvgIpc) is 2.94. The molecule has 0 aromatic carbocycles. The molecule has 0 aliphatic rings. The number of nitrogens with zero attached hydrogens (tertiary/aromatic N) is 5. The fourth-order valence-corrected chi connectivity index (χ4v) is 2.29. The van der Waals surface area contributed by atoms with Gasteiger partial charge in [0.05, 0.1) is 16.8 Å². The third kappa shape index (κ3) is 1.93. The van der Waals surface area contributed by atoms with Crippen molar-refractivity contribution in [1.29, 1.82) is 0 Å². The van der Waals surface area contributed by atoms with Gasteiger partial charge in [0.25, 0.3) is 0 Å². The van der Waals surface area contributed by atoms with Gasteiger partial charge in [-0.05, 0) is 19.1 Å². The molecule has 0 aliphatic carbocycles. The fourth-order valence-electron chi connectivity index (χ4n) is 2.29. The summed E-state index contributed by atoms with van der Waals surface area (Å²) in [4.78, 5) is 15.1. The molecule has 0 saturated carbocycles. The molecule has 3 heterocycles. The lowest BCUT2D eigenvalue weighted by molar-refractivity contribution is -0.137.